The highest BCUT2D eigenvalue weighted by Gasteiger charge is 2.20. The maximum Gasteiger partial charge on any atom is 0.247 e. The lowest BCUT2D eigenvalue weighted by molar-refractivity contribution is 0.641. The van der Waals surface area contributed by atoms with Gasteiger partial charge in [0.2, 0.25) is 5.95 Å². The summed E-state index contributed by atoms with van der Waals surface area (Å²) in [4.78, 5) is 11.9. The molecule has 2 aliphatic rings. The Morgan fingerprint density at radius 2 is 1.54 bits per heavy atom. The topological polar surface area (TPSA) is 48.4 Å². The molecule has 1 aromatic heterocycles. The van der Waals surface area contributed by atoms with Crippen LogP contribution in [0.3, 0.4) is 0 Å². The number of piperazine rings is 1. The molecule has 0 atom stereocenters. The van der Waals surface area contributed by atoms with E-state index in [0.717, 1.165) is 51.0 Å². The van der Waals surface area contributed by atoms with Gasteiger partial charge in [-0.25, -0.2) is 0 Å². The summed E-state index contributed by atoms with van der Waals surface area (Å²) in [5.41, 5.74) is 2.63. The van der Waals surface area contributed by atoms with Crippen molar-refractivity contribution in [2.45, 2.75) is 32.6 Å². The van der Waals surface area contributed by atoms with Gasteiger partial charge in [0.05, 0.1) is 6.20 Å². The fraction of sp³-hybridized carbons (Fsp3) is 0.550. The van der Waals surface area contributed by atoms with Gasteiger partial charge in [0.25, 0.3) is 0 Å². The van der Waals surface area contributed by atoms with Crippen molar-refractivity contribution in [1.82, 2.24) is 15.2 Å². The molecule has 6 nitrogen and oxygen atoms in total. The molecule has 0 spiro atoms. The molecule has 0 bridgehead atoms. The van der Waals surface area contributed by atoms with E-state index in [0.29, 0.717) is 0 Å². The molecule has 0 radical (unpaired) electrons. The van der Waals surface area contributed by atoms with E-state index in [-0.39, 0.29) is 0 Å². The Bertz CT molecular complexity index is 718. The van der Waals surface area contributed by atoms with Gasteiger partial charge in [-0.15, -0.1) is 5.10 Å². The summed E-state index contributed by atoms with van der Waals surface area (Å²) < 4.78 is 0. The highest BCUT2D eigenvalue weighted by Crippen LogP contribution is 2.21. The molecule has 0 aliphatic carbocycles. The van der Waals surface area contributed by atoms with Gasteiger partial charge in [0.1, 0.15) is 0 Å². The van der Waals surface area contributed by atoms with Crippen molar-refractivity contribution in [2.24, 2.45) is 0 Å². The minimum atomic E-state index is 0.797. The van der Waals surface area contributed by atoms with Crippen LogP contribution in [0.4, 0.5) is 17.5 Å². The zero-order valence-corrected chi connectivity index (χ0v) is 15.6. The Morgan fingerprint density at radius 3 is 2.27 bits per heavy atom. The second-order valence-corrected chi connectivity index (χ2v) is 7.33. The van der Waals surface area contributed by atoms with Crippen molar-refractivity contribution in [3.05, 3.63) is 36.0 Å². The number of hydrogen-bond acceptors (Lipinski definition) is 6. The van der Waals surface area contributed by atoms with E-state index in [1.807, 2.05) is 6.20 Å². The van der Waals surface area contributed by atoms with Crippen LogP contribution in [0.15, 0.2) is 30.5 Å². The predicted octanol–water partition coefficient (Wildman–Crippen LogP) is 2.89. The molecule has 4 rings (SSSR count). The number of aryl methyl sites for hydroxylation is 1. The van der Waals surface area contributed by atoms with Crippen LogP contribution in [0.25, 0.3) is 0 Å². The molecular formula is C20H28N6. The third-order valence-electron chi connectivity index (χ3n) is 5.39. The van der Waals surface area contributed by atoms with Crippen LogP contribution in [-0.2, 0) is 0 Å². The molecule has 2 aliphatic heterocycles. The van der Waals surface area contributed by atoms with E-state index in [4.69, 9.17) is 4.98 Å². The Hall–Kier alpha value is -2.37. The van der Waals surface area contributed by atoms with Gasteiger partial charge < -0.3 is 14.7 Å². The highest BCUT2D eigenvalue weighted by atomic mass is 15.4. The highest BCUT2D eigenvalue weighted by molar-refractivity contribution is 5.51. The van der Waals surface area contributed by atoms with Gasteiger partial charge in [-0.1, -0.05) is 25.0 Å². The summed E-state index contributed by atoms with van der Waals surface area (Å²) in [7, 11) is 0. The smallest absolute Gasteiger partial charge is 0.247 e. The van der Waals surface area contributed by atoms with Gasteiger partial charge in [-0.05, 0) is 37.5 Å². The third kappa shape index (κ3) is 3.89. The Kier molecular flexibility index (Phi) is 5.18. The molecule has 0 N–H and O–H groups in total. The molecule has 138 valence electrons. The van der Waals surface area contributed by atoms with Gasteiger partial charge in [0.15, 0.2) is 5.82 Å². The fourth-order valence-electron chi connectivity index (χ4n) is 3.86. The summed E-state index contributed by atoms with van der Waals surface area (Å²) in [5.74, 6) is 1.76. The Morgan fingerprint density at radius 1 is 0.808 bits per heavy atom. The van der Waals surface area contributed by atoms with E-state index in [1.165, 1.54) is 36.9 Å². The first-order valence-electron chi connectivity index (χ1n) is 9.81. The summed E-state index contributed by atoms with van der Waals surface area (Å²) >= 11 is 0. The molecule has 6 heteroatoms. The molecule has 2 fully saturated rings. The standard InChI is InChI=1S/C20H28N6/c1-17-7-6-8-18(15-17)24-11-13-25(14-12-24)19-16-21-23-20(22-19)26-9-4-2-3-5-10-26/h6-8,15-16H,2-5,9-14H2,1H3. The van der Waals surface area contributed by atoms with Gasteiger partial charge in [0, 0.05) is 45.0 Å². The quantitative estimate of drug-likeness (QED) is 0.847. The van der Waals surface area contributed by atoms with E-state index in [1.54, 1.807) is 0 Å². The number of anilines is 3. The van der Waals surface area contributed by atoms with Crippen molar-refractivity contribution in [3.63, 3.8) is 0 Å². The molecule has 0 unspecified atom stereocenters. The molecule has 3 heterocycles. The number of hydrogen-bond donors (Lipinski definition) is 0. The normalized spacial score (nSPS) is 18.7. The number of nitrogens with zero attached hydrogens (tertiary/aromatic N) is 6. The van der Waals surface area contributed by atoms with E-state index >= 15 is 0 Å². The first-order valence-corrected chi connectivity index (χ1v) is 9.81. The lowest BCUT2D eigenvalue weighted by atomic mass is 10.2. The third-order valence-corrected chi connectivity index (χ3v) is 5.39. The summed E-state index contributed by atoms with van der Waals surface area (Å²) in [6.45, 7) is 8.19. The zero-order chi connectivity index (χ0) is 17.8. The first-order chi connectivity index (χ1) is 12.8. The fourth-order valence-corrected chi connectivity index (χ4v) is 3.86. The molecule has 2 aromatic rings. The van der Waals surface area contributed by atoms with Crippen molar-refractivity contribution < 1.29 is 0 Å². The van der Waals surface area contributed by atoms with Crippen molar-refractivity contribution in [2.75, 3.05) is 54.0 Å². The van der Waals surface area contributed by atoms with Crippen molar-refractivity contribution >= 4 is 17.5 Å². The van der Waals surface area contributed by atoms with Crippen LogP contribution < -0.4 is 14.7 Å². The SMILES string of the molecule is Cc1cccc(N2CCN(c3cnnc(N4CCCCCC4)n3)CC2)c1. The molecule has 2 saturated heterocycles. The Labute approximate surface area is 155 Å². The van der Waals surface area contributed by atoms with Crippen LogP contribution in [0.5, 0.6) is 0 Å². The molecule has 0 amide bonds. The van der Waals surface area contributed by atoms with Crippen molar-refractivity contribution in [3.8, 4) is 0 Å². The first kappa shape index (κ1) is 17.1. The minimum absolute atomic E-state index is 0.797. The van der Waals surface area contributed by atoms with Gasteiger partial charge in [-0.2, -0.15) is 10.1 Å². The van der Waals surface area contributed by atoms with E-state index in [2.05, 4.69) is 56.1 Å². The van der Waals surface area contributed by atoms with Crippen LogP contribution in [0.2, 0.25) is 0 Å². The van der Waals surface area contributed by atoms with Crippen LogP contribution >= 0.6 is 0 Å². The lowest BCUT2D eigenvalue weighted by Gasteiger charge is -2.36. The van der Waals surface area contributed by atoms with Gasteiger partial charge >= 0.3 is 0 Å². The second kappa shape index (κ2) is 7.89. The maximum atomic E-state index is 4.83. The lowest BCUT2D eigenvalue weighted by Crippen LogP contribution is -2.47. The molecule has 0 saturated carbocycles. The molecular weight excluding hydrogens is 324 g/mol. The Balaban J connectivity index is 1.42. The number of benzene rings is 1. The average molecular weight is 352 g/mol. The van der Waals surface area contributed by atoms with E-state index in [9.17, 15) is 0 Å². The van der Waals surface area contributed by atoms with Crippen LogP contribution in [0.1, 0.15) is 31.2 Å². The number of aromatic nitrogens is 3. The van der Waals surface area contributed by atoms with Crippen LogP contribution in [0, 0.1) is 6.92 Å². The monoisotopic (exact) mass is 352 g/mol. The maximum absolute atomic E-state index is 4.83. The minimum Gasteiger partial charge on any atom is -0.368 e. The summed E-state index contributed by atoms with van der Waals surface area (Å²) in [6, 6.07) is 8.75. The zero-order valence-electron chi connectivity index (χ0n) is 15.6. The number of rotatable bonds is 3. The van der Waals surface area contributed by atoms with Crippen molar-refractivity contribution in [1.29, 1.82) is 0 Å². The van der Waals surface area contributed by atoms with E-state index < -0.39 is 0 Å². The predicted molar refractivity (Wildman–Crippen MR) is 106 cm³/mol. The second-order valence-electron chi connectivity index (χ2n) is 7.33. The molecule has 1 aromatic carbocycles. The molecule has 26 heavy (non-hydrogen) atoms. The largest absolute Gasteiger partial charge is 0.368 e. The van der Waals surface area contributed by atoms with Crippen LogP contribution in [-0.4, -0.2) is 54.4 Å². The average Bonchev–Trinajstić information content (AvgIpc) is 2.98. The summed E-state index contributed by atoms with van der Waals surface area (Å²) in [6.07, 6.45) is 6.88. The summed E-state index contributed by atoms with van der Waals surface area (Å²) in [5, 5.41) is 8.54. The van der Waals surface area contributed by atoms with Gasteiger partial charge in [-0.3, -0.25) is 0 Å².